The number of carbonyl (C=O) groups is 1. The number of nitrogens with one attached hydrogen (secondary N) is 1. The Bertz CT molecular complexity index is 1140. The average Bonchev–Trinajstić information content (AvgIpc) is 3.28. The van der Waals surface area contributed by atoms with Gasteiger partial charge < -0.3 is 10.1 Å². The number of benzene rings is 2. The Morgan fingerprint density at radius 3 is 2.70 bits per heavy atom. The van der Waals surface area contributed by atoms with Crippen molar-refractivity contribution in [1.82, 2.24) is 20.0 Å². The second-order valence-corrected chi connectivity index (χ2v) is 7.65. The summed E-state index contributed by atoms with van der Waals surface area (Å²) in [5.41, 5.74) is 0.874. The Morgan fingerprint density at radius 2 is 1.94 bits per heavy atom. The molecule has 2 heterocycles. The zero-order valence-corrected chi connectivity index (χ0v) is 17.9. The molecule has 9 nitrogen and oxygen atoms in total. The van der Waals surface area contributed by atoms with Gasteiger partial charge in [-0.15, -0.1) is 0 Å². The predicted molar refractivity (Wildman–Crippen MR) is 120 cm³/mol. The van der Waals surface area contributed by atoms with Gasteiger partial charge in [-0.05, 0) is 37.2 Å². The van der Waals surface area contributed by atoms with Gasteiger partial charge in [-0.1, -0.05) is 18.2 Å². The fourth-order valence-electron chi connectivity index (χ4n) is 3.70. The molecule has 1 amide bonds. The van der Waals surface area contributed by atoms with E-state index in [2.05, 4.69) is 15.3 Å². The number of nitro groups is 1. The Balaban J connectivity index is 1.57. The second-order valence-electron chi connectivity index (χ2n) is 7.65. The first-order chi connectivity index (χ1) is 16.0. The van der Waals surface area contributed by atoms with E-state index in [9.17, 15) is 19.3 Å². The molecular weight excluding hydrogens is 429 g/mol. The van der Waals surface area contributed by atoms with E-state index in [0.717, 1.165) is 26.1 Å². The van der Waals surface area contributed by atoms with Gasteiger partial charge in [0.2, 0.25) is 0 Å². The van der Waals surface area contributed by atoms with E-state index < -0.39 is 16.6 Å². The van der Waals surface area contributed by atoms with Gasteiger partial charge >= 0.3 is 0 Å². The van der Waals surface area contributed by atoms with Crippen LogP contribution >= 0.6 is 0 Å². The fraction of sp³-hybridized carbons (Fsp3) is 0.304. The average molecular weight is 453 g/mol. The zero-order valence-electron chi connectivity index (χ0n) is 17.9. The number of nitro benzene ring substituents is 1. The molecule has 33 heavy (non-hydrogen) atoms. The third kappa shape index (κ3) is 5.41. The summed E-state index contributed by atoms with van der Waals surface area (Å²) in [5.74, 6) is -0.864. The van der Waals surface area contributed by atoms with E-state index in [0.29, 0.717) is 25.4 Å². The van der Waals surface area contributed by atoms with Crippen molar-refractivity contribution >= 4 is 11.6 Å². The first-order valence-electron chi connectivity index (χ1n) is 10.7. The molecule has 1 aliphatic heterocycles. The number of morpholine rings is 1. The normalized spacial score (nSPS) is 14.2. The highest BCUT2D eigenvalue weighted by Gasteiger charge is 2.20. The minimum atomic E-state index is -0.518. The summed E-state index contributed by atoms with van der Waals surface area (Å²) in [6.07, 6.45) is 0.761. The summed E-state index contributed by atoms with van der Waals surface area (Å²) >= 11 is 0. The monoisotopic (exact) mass is 453 g/mol. The summed E-state index contributed by atoms with van der Waals surface area (Å²) in [6.45, 7) is 4.47. The van der Waals surface area contributed by atoms with Crippen LogP contribution in [0, 0.1) is 15.9 Å². The number of halogens is 1. The quantitative estimate of drug-likeness (QED) is 0.320. The van der Waals surface area contributed by atoms with E-state index in [4.69, 9.17) is 4.74 Å². The van der Waals surface area contributed by atoms with Crippen LogP contribution in [0.25, 0.3) is 16.9 Å². The molecule has 10 heteroatoms. The molecule has 0 spiro atoms. The van der Waals surface area contributed by atoms with Crippen molar-refractivity contribution in [3.05, 3.63) is 76.2 Å². The lowest BCUT2D eigenvalue weighted by atomic mass is 10.1. The molecule has 0 saturated carbocycles. The van der Waals surface area contributed by atoms with Gasteiger partial charge in [-0.3, -0.25) is 19.8 Å². The van der Waals surface area contributed by atoms with Crippen LogP contribution in [-0.4, -0.2) is 64.9 Å². The predicted octanol–water partition coefficient (Wildman–Crippen LogP) is 3.04. The first-order valence-corrected chi connectivity index (χ1v) is 10.7. The van der Waals surface area contributed by atoms with Crippen LogP contribution in [0.3, 0.4) is 0 Å². The van der Waals surface area contributed by atoms with Crippen LogP contribution in [0.4, 0.5) is 10.1 Å². The van der Waals surface area contributed by atoms with Crippen LogP contribution in [0.5, 0.6) is 0 Å². The lowest BCUT2D eigenvalue weighted by Crippen LogP contribution is -2.38. The Hall–Kier alpha value is -3.63. The molecule has 0 bridgehead atoms. The maximum Gasteiger partial charge on any atom is 0.271 e. The number of ether oxygens (including phenoxy) is 1. The van der Waals surface area contributed by atoms with Gasteiger partial charge in [0.25, 0.3) is 11.6 Å². The molecule has 0 radical (unpaired) electrons. The van der Waals surface area contributed by atoms with E-state index in [1.807, 2.05) is 0 Å². The van der Waals surface area contributed by atoms with E-state index >= 15 is 0 Å². The van der Waals surface area contributed by atoms with Gasteiger partial charge in [0.05, 0.1) is 29.5 Å². The Kier molecular flexibility index (Phi) is 7.06. The number of non-ortho nitro benzene ring substituents is 1. The van der Waals surface area contributed by atoms with Crippen molar-refractivity contribution in [2.24, 2.45) is 0 Å². The number of aromatic nitrogens is 2. The summed E-state index contributed by atoms with van der Waals surface area (Å²) in [4.78, 5) is 26.0. The third-order valence-electron chi connectivity index (χ3n) is 5.42. The highest BCUT2D eigenvalue weighted by molar-refractivity contribution is 5.94. The van der Waals surface area contributed by atoms with Crippen molar-refractivity contribution in [3.8, 4) is 16.9 Å². The van der Waals surface area contributed by atoms with E-state index in [1.54, 1.807) is 24.3 Å². The zero-order chi connectivity index (χ0) is 23.2. The van der Waals surface area contributed by atoms with Crippen LogP contribution in [0.2, 0.25) is 0 Å². The lowest BCUT2D eigenvalue weighted by molar-refractivity contribution is -0.384. The van der Waals surface area contributed by atoms with Crippen LogP contribution in [0.15, 0.2) is 54.6 Å². The van der Waals surface area contributed by atoms with Gasteiger partial charge in [0, 0.05) is 37.3 Å². The summed E-state index contributed by atoms with van der Waals surface area (Å²) in [6, 6.07) is 13.4. The molecule has 2 aromatic carbocycles. The van der Waals surface area contributed by atoms with Gasteiger partial charge in [0.1, 0.15) is 11.5 Å². The summed E-state index contributed by atoms with van der Waals surface area (Å²) in [7, 11) is 0. The van der Waals surface area contributed by atoms with Crippen molar-refractivity contribution in [3.63, 3.8) is 0 Å². The Morgan fingerprint density at radius 1 is 1.15 bits per heavy atom. The lowest BCUT2D eigenvalue weighted by Gasteiger charge is -2.26. The number of rotatable bonds is 8. The first kappa shape index (κ1) is 22.6. The molecule has 0 atom stereocenters. The number of amides is 1. The molecule has 0 aliphatic carbocycles. The SMILES string of the molecule is O=C(NCCCN1CCOCC1)c1cc(-c2ccccc2F)nn1-c1cccc([N+](=O)[O-])c1. The maximum absolute atomic E-state index is 14.4. The van der Waals surface area contributed by atoms with Crippen LogP contribution < -0.4 is 5.32 Å². The van der Waals surface area contributed by atoms with Crippen molar-refractivity contribution in [1.29, 1.82) is 0 Å². The molecule has 1 aromatic heterocycles. The van der Waals surface area contributed by atoms with Crippen molar-refractivity contribution < 1.29 is 18.8 Å². The number of hydrogen-bond donors (Lipinski definition) is 1. The minimum Gasteiger partial charge on any atom is -0.379 e. The molecule has 1 saturated heterocycles. The van der Waals surface area contributed by atoms with E-state index in [1.165, 1.54) is 35.0 Å². The molecule has 1 aliphatic rings. The van der Waals surface area contributed by atoms with Gasteiger partial charge in [0.15, 0.2) is 0 Å². The van der Waals surface area contributed by atoms with Gasteiger partial charge in [-0.2, -0.15) is 5.10 Å². The summed E-state index contributed by atoms with van der Waals surface area (Å²) in [5, 5.41) is 18.5. The highest BCUT2D eigenvalue weighted by Crippen LogP contribution is 2.25. The molecular formula is C23H24FN5O4. The maximum atomic E-state index is 14.4. The fourth-order valence-corrected chi connectivity index (χ4v) is 3.70. The van der Waals surface area contributed by atoms with Crippen LogP contribution in [0.1, 0.15) is 16.9 Å². The third-order valence-corrected chi connectivity index (χ3v) is 5.42. The molecule has 3 aromatic rings. The molecule has 1 N–H and O–H groups in total. The number of hydrogen-bond acceptors (Lipinski definition) is 6. The van der Waals surface area contributed by atoms with Crippen molar-refractivity contribution in [2.45, 2.75) is 6.42 Å². The number of nitrogens with zero attached hydrogens (tertiary/aromatic N) is 4. The molecule has 1 fully saturated rings. The topological polar surface area (TPSA) is 103 Å². The molecule has 0 unspecified atom stereocenters. The summed E-state index contributed by atoms with van der Waals surface area (Å²) < 4.78 is 21.0. The largest absolute Gasteiger partial charge is 0.379 e. The second kappa shape index (κ2) is 10.3. The molecule has 172 valence electrons. The molecule has 4 rings (SSSR count). The standard InChI is InChI=1S/C23H24FN5O4/c24-20-8-2-1-7-19(20)21-16-22(23(30)25-9-4-10-27-11-13-33-14-12-27)28(26-21)17-5-3-6-18(15-17)29(31)32/h1-3,5-8,15-16H,4,9-14H2,(H,25,30). The Labute approximate surface area is 189 Å². The van der Waals surface area contributed by atoms with Crippen molar-refractivity contribution in [2.75, 3.05) is 39.4 Å². The smallest absolute Gasteiger partial charge is 0.271 e. The van der Waals surface area contributed by atoms with Crippen LogP contribution in [-0.2, 0) is 4.74 Å². The highest BCUT2D eigenvalue weighted by atomic mass is 19.1. The van der Waals surface area contributed by atoms with Gasteiger partial charge in [-0.25, -0.2) is 9.07 Å². The van der Waals surface area contributed by atoms with E-state index in [-0.39, 0.29) is 22.6 Å². The number of carbonyl (C=O) groups excluding carboxylic acids is 1. The minimum absolute atomic E-state index is 0.132.